The minimum absolute atomic E-state index is 0.0761. The Morgan fingerprint density at radius 1 is 1.38 bits per heavy atom. The number of hydrogen-bond acceptors (Lipinski definition) is 2. The fourth-order valence-corrected chi connectivity index (χ4v) is 1.80. The summed E-state index contributed by atoms with van der Waals surface area (Å²) in [5.41, 5.74) is 1.23. The van der Waals surface area contributed by atoms with E-state index in [9.17, 15) is 4.79 Å². The van der Waals surface area contributed by atoms with Crippen molar-refractivity contribution in [3.63, 3.8) is 0 Å². The van der Waals surface area contributed by atoms with E-state index in [2.05, 4.69) is 0 Å². The number of thioether (sulfide) groups is 1. The van der Waals surface area contributed by atoms with Crippen LogP contribution in [0.4, 0.5) is 0 Å². The van der Waals surface area contributed by atoms with Crippen molar-refractivity contribution in [1.82, 2.24) is 0 Å². The molecule has 70 valence electrons. The normalized spacial score (nSPS) is 10.0. The van der Waals surface area contributed by atoms with Gasteiger partial charge in [0.2, 0.25) is 0 Å². The van der Waals surface area contributed by atoms with E-state index < -0.39 is 0 Å². The molecule has 0 fully saturated rings. The SMILES string of the molecule is Cc1ccc(SCC(=O)CCl)cc1. The van der Waals surface area contributed by atoms with Crippen LogP contribution in [0.1, 0.15) is 5.56 Å². The number of aryl methyl sites for hydroxylation is 1. The van der Waals surface area contributed by atoms with Gasteiger partial charge in [0.25, 0.3) is 0 Å². The molecule has 0 saturated heterocycles. The van der Waals surface area contributed by atoms with E-state index in [0.29, 0.717) is 5.75 Å². The molecule has 3 heteroatoms. The summed E-state index contributed by atoms with van der Waals surface area (Å²) >= 11 is 6.91. The van der Waals surface area contributed by atoms with Crippen molar-refractivity contribution in [3.05, 3.63) is 29.8 Å². The molecule has 0 aromatic heterocycles. The first-order valence-electron chi connectivity index (χ1n) is 3.99. The predicted octanol–water partition coefficient (Wildman–Crippen LogP) is 2.90. The lowest BCUT2D eigenvalue weighted by molar-refractivity contribution is -0.114. The summed E-state index contributed by atoms with van der Waals surface area (Å²) in [5, 5.41) is 0. The molecular weight excluding hydrogens is 204 g/mol. The van der Waals surface area contributed by atoms with Crippen LogP contribution in [0.15, 0.2) is 29.2 Å². The van der Waals surface area contributed by atoms with Crippen LogP contribution >= 0.6 is 23.4 Å². The molecule has 0 unspecified atom stereocenters. The van der Waals surface area contributed by atoms with Gasteiger partial charge < -0.3 is 0 Å². The van der Waals surface area contributed by atoms with Gasteiger partial charge in [-0.2, -0.15) is 0 Å². The van der Waals surface area contributed by atoms with Gasteiger partial charge in [-0.05, 0) is 19.1 Å². The molecule has 13 heavy (non-hydrogen) atoms. The number of ketones is 1. The highest BCUT2D eigenvalue weighted by Gasteiger charge is 2.00. The van der Waals surface area contributed by atoms with E-state index >= 15 is 0 Å². The van der Waals surface area contributed by atoms with E-state index in [0.717, 1.165) is 4.90 Å². The topological polar surface area (TPSA) is 17.1 Å². The summed E-state index contributed by atoms with van der Waals surface area (Å²) in [4.78, 5) is 12.0. The number of carbonyl (C=O) groups is 1. The second-order valence-corrected chi connectivity index (χ2v) is 4.09. The fourth-order valence-electron chi connectivity index (χ4n) is 0.837. The highest BCUT2D eigenvalue weighted by molar-refractivity contribution is 8.00. The molecule has 1 aromatic rings. The molecule has 1 nitrogen and oxygen atoms in total. The first-order valence-corrected chi connectivity index (χ1v) is 5.51. The lowest BCUT2D eigenvalue weighted by Gasteiger charge is -1.99. The van der Waals surface area contributed by atoms with E-state index in [1.54, 1.807) is 0 Å². The lowest BCUT2D eigenvalue weighted by Crippen LogP contribution is -2.01. The van der Waals surface area contributed by atoms with Crippen LogP contribution < -0.4 is 0 Å². The van der Waals surface area contributed by atoms with Gasteiger partial charge in [-0.15, -0.1) is 23.4 Å². The van der Waals surface area contributed by atoms with Crippen LogP contribution in [0.25, 0.3) is 0 Å². The van der Waals surface area contributed by atoms with E-state index in [4.69, 9.17) is 11.6 Å². The smallest absolute Gasteiger partial charge is 0.157 e. The summed E-state index contributed by atoms with van der Waals surface area (Å²) in [6, 6.07) is 8.10. The van der Waals surface area contributed by atoms with Crippen molar-refractivity contribution in [2.45, 2.75) is 11.8 Å². The Labute approximate surface area is 87.5 Å². The minimum atomic E-state index is 0.0761. The van der Waals surface area contributed by atoms with Crippen LogP contribution in [0.3, 0.4) is 0 Å². The number of halogens is 1. The maximum absolute atomic E-state index is 10.9. The standard InChI is InChI=1S/C10H11ClOS/c1-8-2-4-10(5-3-8)13-7-9(12)6-11/h2-5H,6-7H2,1H3. The highest BCUT2D eigenvalue weighted by atomic mass is 35.5. The van der Waals surface area contributed by atoms with Crippen molar-refractivity contribution in [2.24, 2.45) is 0 Å². The zero-order valence-electron chi connectivity index (χ0n) is 7.42. The molecule has 0 atom stereocenters. The molecule has 1 aromatic carbocycles. The molecule has 0 radical (unpaired) electrons. The van der Waals surface area contributed by atoms with Crippen molar-refractivity contribution in [3.8, 4) is 0 Å². The second-order valence-electron chi connectivity index (χ2n) is 2.77. The summed E-state index contributed by atoms with van der Waals surface area (Å²) in [6.07, 6.45) is 0. The first kappa shape index (κ1) is 10.6. The Morgan fingerprint density at radius 3 is 2.54 bits per heavy atom. The van der Waals surface area contributed by atoms with Crippen molar-refractivity contribution in [2.75, 3.05) is 11.6 Å². The Bertz CT molecular complexity index is 281. The molecule has 0 aliphatic heterocycles. The molecular formula is C10H11ClOS. The molecule has 0 spiro atoms. The van der Waals surface area contributed by atoms with Crippen LogP contribution in [-0.4, -0.2) is 17.4 Å². The van der Waals surface area contributed by atoms with Crippen LogP contribution in [0.5, 0.6) is 0 Å². The third kappa shape index (κ3) is 3.83. The molecule has 0 bridgehead atoms. The zero-order chi connectivity index (χ0) is 9.68. The molecule has 0 heterocycles. The van der Waals surface area contributed by atoms with Gasteiger partial charge in [-0.25, -0.2) is 0 Å². The molecule has 0 amide bonds. The number of rotatable bonds is 4. The van der Waals surface area contributed by atoms with Crippen LogP contribution in [-0.2, 0) is 4.79 Å². The van der Waals surface area contributed by atoms with Gasteiger partial charge in [-0.3, -0.25) is 4.79 Å². The summed E-state index contributed by atoms with van der Waals surface area (Å²) in [5.74, 6) is 0.651. The highest BCUT2D eigenvalue weighted by Crippen LogP contribution is 2.18. The molecule has 0 aliphatic carbocycles. The Balaban J connectivity index is 2.46. The average molecular weight is 215 g/mol. The Hall–Kier alpha value is -0.470. The summed E-state index contributed by atoms with van der Waals surface area (Å²) in [7, 11) is 0. The molecule has 1 rings (SSSR count). The molecule has 0 saturated carbocycles. The lowest BCUT2D eigenvalue weighted by atomic mass is 10.2. The number of benzene rings is 1. The third-order valence-electron chi connectivity index (χ3n) is 1.57. The first-order chi connectivity index (χ1) is 6.22. The number of hydrogen-bond donors (Lipinski definition) is 0. The number of alkyl halides is 1. The van der Waals surface area contributed by atoms with E-state index in [-0.39, 0.29) is 11.7 Å². The maximum Gasteiger partial charge on any atom is 0.157 e. The van der Waals surface area contributed by atoms with Gasteiger partial charge in [0.05, 0.1) is 11.6 Å². The van der Waals surface area contributed by atoms with E-state index in [1.165, 1.54) is 17.3 Å². The van der Waals surface area contributed by atoms with Gasteiger partial charge in [0, 0.05) is 4.90 Å². The monoisotopic (exact) mass is 214 g/mol. The van der Waals surface area contributed by atoms with Crippen molar-refractivity contribution >= 4 is 29.1 Å². The largest absolute Gasteiger partial charge is 0.297 e. The van der Waals surface area contributed by atoms with Gasteiger partial charge >= 0.3 is 0 Å². The Kier molecular flexibility index (Phi) is 4.33. The van der Waals surface area contributed by atoms with Gasteiger partial charge in [-0.1, -0.05) is 17.7 Å². The summed E-state index contributed by atoms with van der Waals surface area (Å²) in [6.45, 7) is 2.04. The third-order valence-corrected chi connectivity index (χ3v) is 2.94. The molecule has 0 aliphatic rings. The van der Waals surface area contributed by atoms with E-state index in [1.807, 2.05) is 31.2 Å². The average Bonchev–Trinajstić information content (AvgIpc) is 2.16. The fraction of sp³-hybridized carbons (Fsp3) is 0.300. The number of Topliss-reactive ketones (excluding diaryl/α,β-unsaturated/α-hetero) is 1. The van der Waals surface area contributed by atoms with Crippen molar-refractivity contribution < 1.29 is 4.79 Å². The summed E-state index contributed by atoms with van der Waals surface area (Å²) < 4.78 is 0. The van der Waals surface area contributed by atoms with Gasteiger partial charge in [0.15, 0.2) is 5.78 Å². The second kappa shape index (κ2) is 5.30. The minimum Gasteiger partial charge on any atom is -0.297 e. The molecule has 0 N–H and O–H groups in total. The zero-order valence-corrected chi connectivity index (χ0v) is 8.99. The van der Waals surface area contributed by atoms with Crippen LogP contribution in [0.2, 0.25) is 0 Å². The predicted molar refractivity (Wildman–Crippen MR) is 57.6 cm³/mol. The van der Waals surface area contributed by atoms with Crippen molar-refractivity contribution in [1.29, 1.82) is 0 Å². The van der Waals surface area contributed by atoms with Gasteiger partial charge in [0.1, 0.15) is 0 Å². The quantitative estimate of drug-likeness (QED) is 0.567. The van der Waals surface area contributed by atoms with Crippen LogP contribution in [0, 0.1) is 6.92 Å². The Morgan fingerprint density at radius 2 is 2.00 bits per heavy atom. The number of carbonyl (C=O) groups excluding carboxylic acids is 1. The maximum atomic E-state index is 10.9.